The standard InChI is InChI=1S/C22H43IN4O7/c1-30-11-13-33-17-18(34-14-12-31-2)16-32-10-6-9-26-22(29)19(27-21(28)15-23)7-4-3-5-8-20(24)25/h18-19H,3-17H2,1-2H3,(H3,24,25)(H,26,29)(H,27,28)/t18?,19-/m0/s1. The summed E-state index contributed by atoms with van der Waals surface area (Å²) in [5.41, 5.74) is 5.36. The van der Waals surface area contributed by atoms with Crippen LogP contribution in [0, 0.1) is 5.41 Å². The lowest BCUT2D eigenvalue weighted by molar-refractivity contribution is -0.128. The summed E-state index contributed by atoms with van der Waals surface area (Å²) in [6, 6.07) is -0.566. The third-order valence-corrected chi connectivity index (χ3v) is 5.35. The van der Waals surface area contributed by atoms with Gasteiger partial charge in [-0.1, -0.05) is 35.4 Å². The Bertz CT molecular complexity index is 543. The van der Waals surface area contributed by atoms with Crippen LogP contribution in [0.15, 0.2) is 0 Å². The normalized spacial score (nSPS) is 12.8. The predicted molar refractivity (Wildman–Crippen MR) is 139 cm³/mol. The summed E-state index contributed by atoms with van der Waals surface area (Å²) in [6.45, 7) is 3.62. The summed E-state index contributed by atoms with van der Waals surface area (Å²) in [4.78, 5) is 24.3. The van der Waals surface area contributed by atoms with Gasteiger partial charge in [0.15, 0.2) is 0 Å². The molecule has 0 aliphatic rings. The Morgan fingerprint density at radius 3 is 2.26 bits per heavy atom. The van der Waals surface area contributed by atoms with Gasteiger partial charge in [0.1, 0.15) is 12.1 Å². The number of halogens is 1. The number of nitrogens with two attached hydrogens (primary N) is 1. The second-order valence-corrected chi connectivity index (χ2v) is 8.41. The smallest absolute Gasteiger partial charge is 0.242 e. The van der Waals surface area contributed by atoms with Crippen LogP contribution in [0.25, 0.3) is 0 Å². The highest BCUT2D eigenvalue weighted by Crippen LogP contribution is 2.07. The SMILES string of the molecule is COCCOCC(COCCCNC(=O)[C@H](CCCCCC(=N)N)NC(=O)CI)OCCOC. The van der Waals surface area contributed by atoms with E-state index in [0.29, 0.717) is 76.5 Å². The molecular weight excluding hydrogens is 559 g/mol. The van der Waals surface area contributed by atoms with Crippen LogP contribution in [-0.2, 0) is 33.3 Å². The quantitative estimate of drug-likeness (QED) is 0.0420. The largest absolute Gasteiger partial charge is 0.388 e. The van der Waals surface area contributed by atoms with E-state index >= 15 is 0 Å². The summed E-state index contributed by atoms with van der Waals surface area (Å²) < 4.78 is 27.2. The van der Waals surface area contributed by atoms with E-state index in [9.17, 15) is 9.59 Å². The Morgan fingerprint density at radius 2 is 1.62 bits per heavy atom. The molecule has 2 atom stereocenters. The minimum absolute atomic E-state index is 0.167. The van der Waals surface area contributed by atoms with Crippen LogP contribution in [0.1, 0.15) is 38.5 Å². The van der Waals surface area contributed by atoms with Gasteiger partial charge in [-0.05, 0) is 19.3 Å². The zero-order valence-corrected chi connectivity index (χ0v) is 22.7. The Labute approximate surface area is 217 Å². The Kier molecular flexibility index (Phi) is 22.9. The fourth-order valence-corrected chi connectivity index (χ4v) is 3.09. The Morgan fingerprint density at radius 1 is 0.941 bits per heavy atom. The van der Waals surface area contributed by atoms with E-state index in [1.54, 1.807) is 14.2 Å². The second-order valence-electron chi connectivity index (χ2n) is 7.65. The van der Waals surface area contributed by atoms with E-state index < -0.39 is 6.04 Å². The van der Waals surface area contributed by atoms with E-state index in [4.69, 9.17) is 34.8 Å². The van der Waals surface area contributed by atoms with Gasteiger partial charge in [-0.15, -0.1) is 0 Å². The maximum absolute atomic E-state index is 12.5. The van der Waals surface area contributed by atoms with Gasteiger partial charge in [0.25, 0.3) is 0 Å². The van der Waals surface area contributed by atoms with Crippen LogP contribution in [0.3, 0.4) is 0 Å². The topological polar surface area (TPSA) is 154 Å². The van der Waals surface area contributed by atoms with Gasteiger partial charge in [0.2, 0.25) is 11.8 Å². The molecule has 5 N–H and O–H groups in total. The summed E-state index contributed by atoms with van der Waals surface area (Å²) >= 11 is 1.97. The number of hydrogen-bond acceptors (Lipinski definition) is 8. The molecule has 0 saturated carbocycles. The summed E-state index contributed by atoms with van der Waals surface area (Å²) in [7, 11) is 3.24. The van der Waals surface area contributed by atoms with Crippen molar-refractivity contribution in [3.8, 4) is 0 Å². The fourth-order valence-electron chi connectivity index (χ4n) is 2.87. The minimum atomic E-state index is -0.566. The monoisotopic (exact) mass is 602 g/mol. The molecule has 0 rings (SSSR count). The Balaban J connectivity index is 4.23. The highest BCUT2D eigenvalue weighted by atomic mass is 127. The van der Waals surface area contributed by atoms with Crippen molar-refractivity contribution in [2.45, 2.75) is 50.7 Å². The number of methoxy groups -OCH3 is 2. The number of carbonyl (C=O) groups is 2. The van der Waals surface area contributed by atoms with Crippen LogP contribution in [0.4, 0.5) is 0 Å². The van der Waals surface area contributed by atoms with Crippen LogP contribution >= 0.6 is 22.6 Å². The van der Waals surface area contributed by atoms with Crippen molar-refractivity contribution in [2.75, 3.05) is 71.4 Å². The number of carbonyl (C=O) groups excluding carboxylic acids is 2. The van der Waals surface area contributed by atoms with E-state index in [-0.39, 0.29) is 23.8 Å². The third-order valence-electron chi connectivity index (χ3n) is 4.66. The molecule has 0 aromatic carbocycles. The van der Waals surface area contributed by atoms with Crippen LogP contribution < -0.4 is 16.4 Å². The van der Waals surface area contributed by atoms with Gasteiger partial charge in [-0.25, -0.2) is 0 Å². The van der Waals surface area contributed by atoms with Crippen molar-refractivity contribution in [2.24, 2.45) is 5.73 Å². The van der Waals surface area contributed by atoms with Gasteiger partial charge in [-0.2, -0.15) is 0 Å². The first-order valence-corrected chi connectivity index (χ1v) is 13.2. The first kappa shape index (κ1) is 32.9. The van der Waals surface area contributed by atoms with Gasteiger partial charge in [-0.3, -0.25) is 15.0 Å². The van der Waals surface area contributed by atoms with E-state index in [1.807, 2.05) is 22.6 Å². The summed E-state index contributed by atoms with van der Waals surface area (Å²) in [5, 5.41) is 12.9. The lowest BCUT2D eigenvalue weighted by Gasteiger charge is -2.19. The number of ether oxygens (including phenoxy) is 5. The average Bonchev–Trinajstić information content (AvgIpc) is 2.82. The molecule has 0 aliphatic heterocycles. The van der Waals surface area contributed by atoms with Gasteiger partial charge >= 0.3 is 0 Å². The highest BCUT2D eigenvalue weighted by molar-refractivity contribution is 14.1. The first-order chi connectivity index (χ1) is 16.4. The number of nitrogens with one attached hydrogen (secondary N) is 3. The molecule has 0 spiro atoms. The molecule has 34 heavy (non-hydrogen) atoms. The molecule has 0 aliphatic carbocycles. The molecule has 0 saturated heterocycles. The van der Waals surface area contributed by atoms with E-state index in [2.05, 4.69) is 10.6 Å². The zero-order chi connectivity index (χ0) is 25.4. The minimum Gasteiger partial charge on any atom is -0.388 e. The van der Waals surface area contributed by atoms with Gasteiger partial charge < -0.3 is 40.1 Å². The van der Waals surface area contributed by atoms with Crippen molar-refractivity contribution in [1.29, 1.82) is 5.41 Å². The molecule has 11 nitrogen and oxygen atoms in total. The molecular formula is C22H43IN4O7. The summed E-state index contributed by atoms with van der Waals surface area (Å²) in [5.74, 6) is -0.196. The first-order valence-electron chi connectivity index (χ1n) is 11.6. The van der Waals surface area contributed by atoms with Crippen molar-refractivity contribution in [1.82, 2.24) is 10.6 Å². The van der Waals surface area contributed by atoms with E-state index in [0.717, 1.165) is 19.3 Å². The fraction of sp³-hybridized carbons (Fsp3) is 0.864. The lowest BCUT2D eigenvalue weighted by Crippen LogP contribution is -2.47. The Hall–Kier alpha value is -1.06. The maximum Gasteiger partial charge on any atom is 0.242 e. The highest BCUT2D eigenvalue weighted by Gasteiger charge is 2.19. The lowest BCUT2D eigenvalue weighted by atomic mass is 10.1. The maximum atomic E-state index is 12.5. The second kappa shape index (κ2) is 23.7. The summed E-state index contributed by atoms with van der Waals surface area (Å²) in [6.07, 6.45) is 3.94. The molecule has 0 aromatic heterocycles. The number of rotatable bonds is 24. The number of amides is 2. The molecule has 0 bridgehead atoms. The number of alkyl halides is 1. The molecule has 0 fully saturated rings. The third kappa shape index (κ3) is 20.3. The molecule has 0 radical (unpaired) electrons. The number of hydrogen-bond donors (Lipinski definition) is 4. The zero-order valence-electron chi connectivity index (χ0n) is 20.6. The van der Waals surface area contributed by atoms with Crippen LogP contribution in [0.5, 0.6) is 0 Å². The number of unbranched alkanes of at least 4 members (excludes halogenated alkanes) is 2. The average molecular weight is 603 g/mol. The van der Waals surface area contributed by atoms with Crippen molar-refractivity contribution in [3.63, 3.8) is 0 Å². The number of amidine groups is 1. The van der Waals surface area contributed by atoms with Crippen LogP contribution in [-0.4, -0.2) is 101 Å². The van der Waals surface area contributed by atoms with Crippen molar-refractivity contribution >= 4 is 40.2 Å². The molecule has 0 heterocycles. The predicted octanol–water partition coefficient (Wildman–Crippen LogP) is 1.01. The molecule has 1 unspecified atom stereocenters. The van der Waals surface area contributed by atoms with Crippen molar-refractivity contribution < 1.29 is 33.3 Å². The molecule has 12 heteroatoms. The van der Waals surface area contributed by atoms with Gasteiger partial charge in [0, 0.05) is 33.8 Å². The van der Waals surface area contributed by atoms with E-state index in [1.165, 1.54) is 0 Å². The molecule has 0 aromatic rings. The molecule has 2 amide bonds. The van der Waals surface area contributed by atoms with Gasteiger partial charge in [0.05, 0.1) is 49.9 Å². The van der Waals surface area contributed by atoms with Crippen molar-refractivity contribution in [3.05, 3.63) is 0 Å². The molecule has 200 valence electrons. The van der Waals surface area contributed by atoms with Crippen LogP contribution in [0.2, 0.25) is 0 Å².